The third-order valence-corrected chi connectivity index (χ3v) is 8.03. The van der Waals surface area contributed by atoms with Crippen molar-refractivity contribution in [2.45, 2.75) is 57.3 Å². The van der Waals surface area contributed by atoms with Crippen LogP contribution in [0, 0.1) is 11.8 Å². The molecule has 3 aromatic heterocycles. The highest BCUT2D eigenvalue weighted by Gasteiger charge is 2.37. The van der Waals surface area contributed by atoms with Crippen LogP contribution in [-0.2, 0) is 10.0 Å². The molecule has 0 spiro atoms. The fraction of sp³-hybridized carbons (Fsp3) is 0.333. The number of aliphatic hydroxyl groups is 1. The molecule has 0 radical (unpaired) electrons. The van der Waals surface area contributed by atoms with Gasteiger partial charge in [-0.3, -0.25) is 0 Å². The van der Waals surface area contributed by atoms with E-state index in [4.69, 9.17) is 0 Å². The molecule has 0 unspecified atom stereocenters. The third-order valence-electron chi connectivity index (χ3n) is 6.00. The molecular formula is C27H28N6O3S. The molecule has 2 N–H and O–H groups in total. The molecule has 190 valence electrons. The molecule has 0 atom stereocenters. The van der Waals surface area contributed by atoms with Crippen molar-refractivity contribution in [1.82, 2.24) is 24.1 Å². The monoisotopic (exact) mass is 516 g/mol. The first kappa shape index (κ1) is 24.9. The number of anilines is 2. The van der Waals surface area contributed by atoms with Gasteiger partial charge in [0.15, 0.2) is 5.82 Å². The summed E-state index contributed by atoms with van der Waals surface area (Å²) in [5.41, 5.74) is 1.36. The van der Waals surface area contributed by atoms with E-state index in [9.17, 15) is 13.5 Å². The number of rotatable bonds is 6. The molecule has 1 aliphatic rings. The summed E-state index contributed by atoms with van der Waals surface area (Å²) >= 11 is 0. The lowest BCUT2D eigenvalue weighted by atomic mass is 9.94. The number of aromatic nitrogens is 5. The molecule has 1 aliphatic carbocycles. The first-order valence-electron chi connectivity index (χ1n) is 12.1. The zero-order valence-electron chi connectivity index (χ0n) is 21.1. The molecule has 3 heterocycles. The molecule has 1 saturated carbocycles. The van der Waals surface area contributed by atoms with E-state index in [1.54, 1.807) is 32.3 Å². The maximum Gasteiger partial charge on any atom is 0.256 e. The lowest BCUT2D eigenvalue weighted by Crippen LogP contribution is -2.17. The Morgan fingerprint density at radius 1 is 1.11 bits per heavy atom. The van der Waals surface area contributed by atoms with Gasteiger partial charge < -0.3 is 10.4 Å². The lowest BCUT2D eigenvalue weighted by Gasteiger charge is -2.14. The van der Waals surface area contributed by atoms with Crippen molar-refractivity contribution in [1.29, 1.82) is 0 Å². The molecule has 0 bridgehead atoms. The van der Waals surface area contributed by atoms with E-state index in [1.807, 2.05) is 12.1 Å². The van der Waals surface area contributed by atoms with Crippen LogP contribution in [0.25, 0.3) is 22.2 Å². The molecule has 4 aromatic rings. The number of pyridine rings is 1. The summed E-state index contributed by atoms with van der Waals surface area (Å²) in [4.78, 5) is 13.4. The molecule has 1 fully saturated rings. The number of hydrogen-bond acceptors (Lipinski definition) is 8. The summed E-state index contributed by atoms with van der Waals surface area (Å²) in [5, 5.41) is 18.8. The van der Waals surface area contributed by atoms with Crippen molar-refractivity contribution in [2.75, 3.05) is 5.32 Å². The summed E-state index contributed by atoms with van der Waals surface area (Å²) in [6.45, 7) is 7.56. The van der Waals surface area contributed by atoms with E-state index < -0.39 is 15.6 Å². The van der Waals surface area contributed by atoms with E-state index in [1.165, 1.54) is 12.4 Å². The highest BCUT2D eigenvalue weighted by molar-refractivity contribution is 7.90. The Balaban J connectivity index is 1.46. The van der Waals surface area contributed by atoms with Crippen molar-refractivity contribution in [3.8, 4) is 23.2 Å². The van der Waals surface area contributed by atoms with Crippen LogP contribution < -0.4 is 5.32 Å². The zero-order chi connectivity index (χ0) is 26.4. The van der Waals surface area contributed by atoms with Crippen molar-refractivity contribution in [3.05, 3.63) is 60.2 Å². The minimum absolute atomic E-state index is 0.281. The van der Waals surface area contributed by atoms with Crippen LogP contribution in [0.5, 0.6) is 0 Å². The van der Waals surface area contributed by atoms with Crippen LogP contribution in [-0.4, -0.2) is 48.5 Å². The van der Waals surface area contributed by atoms with Gasteiger partial charge >= 0.3 is 0 Å². The molecule has 9 nitrogen and oxygen atoms in total. The Morgan fingerprint density at radius 3 is 2.59 bits per heavy atom. The van der Waals surface area contributed by atoms with Gasteiger partial charge in [0.25, 0.3) is 10.0 Å². The van der Waals surface area contributed by atoms with Gasteiger partial charge in [-0.1, -0.05) is 31.8 Å². The van der Waals surface area contributed by atoms with Gasteiger partial charge in [-0.15, -0.1) is 0 Å². The lowest BCUT2D eigenvalue weighted by molar-refractivity contribution is 0.143. The molecule has 5 rings (SSSR count). The molecule has 0 amide bonds. The second-order valence-corrected chi connectivity index (χ2v) is 12.1. The molecule has 0 saturated heterocycles. The summed E-state index contributed by atoms with van der Waals surface area (Å²) in [5.74, 6) is 7.70. The van der Waals surface area contributed by atoms with Crippen LogP contribution in [0.15, 0.2) is 49.1 Å². The largest absolute Gasteiger partial charge is 0.378 e. The Hall–Kier alpha value is -3.81. The number of fused-ring (bicyclic) bond motifs is 1. The summed E-state index contributed by atoms with van der Waals surface area (Å²) in [7, 11) is -3.46. The van der Waals surface area contributed by atoms with Gasteiger partial charge in [-0.2, -0.15) is 9.19 Å². The van der Waals surface area contributed by atoms with Crippen molar-refractivity contribution < 1.29 is 13.5 Å². The molecule has 37 heavy (non-hydrogen) atoms. The molecule has 10 heteroatoms. The average Bonchev–Trinajstić information content (AvgIpc) is 3.59. The summed E-state index contributed by atoms with van der Waals surface area (Å²) in [6, 6.07) is 7.70. The zero-order valence-corrected chi connectivity index (χ0v) is 21.9. The normalized spacial score (nSPS) is 14.0. The van der Waals surface area contributed by atoms with E-state index in [2.05, 4.69) is 57.1 Å². The SMILES string of the molecule is CC(C)c1ccc(C#CC(C)(C)O)c2cnc(Nc3ccnc(-c4cnn(S(=O)(=O)C5CC5)c4)n3)cc12. The highest BCUT2D eigenvalue weighted by Crippen LogP contribution is 2.31. The Morgan fingerprint density at radius 2 is 1.89 bits per heavy atom. The number of benzene rings is 1. The molecule has 0 aliphatic heterocycles. The Kier molecular flexibility index (Phi) is 6.22. The van der Waals surface area contributed by atoms with Crippen LogP contribution in [0.2, 0.25) is 0 Å². The Labute approximate surface area is 216 Å². The van der Waals surface area contributed by atoms with Gasteiger partial charge in [-0.25, -0.2) is 23.4 Å². The van der Waals surface area contributed by atoms with E-state index in [0.717, 1.165) is 26.0 Å². The number of nitrogens with zero attached hydrogens (tertiary/aromatic N) is 5. The smallest absolute Gasteiger partial charge is 0.256 e. The van der Waals surface area contributed by atoms with Crippen molar-refractivity contribution >= 4 is 32.4 Å². The highest BCUT2D eigenvalue weighted by atomic mass is 32.2. The van der Waals surface area contributed by atoms with Gasteiger partial charge in [0.05, 0.1) is 23.2 Å². The van der Waals surface area contributed by atoms with E-state index in [0.29, 0.717) is 35.9 Å². The summed E-state index contributed by atoms with van der Waals surface area (Å²) < 4.78 is 25.9. The summed E-state index contributed by atoms with van der Waals surface area (Å²) in [6.07, 6.45) is 7.61. The van der Waals surface area contributed by atoms with E-state index >= 15 is 0 Å². The number of nitrogens with one attached hydrogen (secondary N) is 1. The maximum absolute atomic E-state index is 12.5. The van der Waals surface area contributed by atoms with Gasteiger partial charge in [0.1, 0.15) is 17.2 Å². The predicted molar refractivity (Wildman–Crippen MR) is 143 cm³/mol. The van der Waals surface area contributed by atoms with E-state index in [-0.39, 0.29) is 11.2 Å². The number of hydrogen-bond donors (Lipinski definition) is 2. The Bertz CT molecular complexity index is 1650. The minimum atomic E-state index is -3.46. The van der Waals surface area contributed by atoms with Crippen LogP contribution >= 0.6 is 0 Å². The quantitative estimate of drug-likeness (QED) is 0.365. The first-order valence-corrected chi connectivity index (χ1v) is 13.6. The van der Waals surface area contributed by atoms with Gasteiger partial charge in [0.2, 0.25) is 0 Å². The minimum Gasteiger partial charge on any atom is -0.378 e. The van der Waals surface area contributed by atoms with Gasteiger partial charge in [-0.05, 0) is 61.8 Å². The first-order chi connectivity index (χ1) is 17.5. The van der Waals surface area contributed by atoms with Crippen molar-refractivity contribution in [3.63, 3.8) is 0 Å². The third kappa shape index (κ3) is 5.33. The molecular weight excluding hydrogens is 488 g/mol. The standard InChI is InChI=1S/C27H28N6O3S/c1-17(2)21-8-5-18(9-11-27(3,4)34)23-15-29-25(13-22(21)23)31-24-10-12-28-26(32-24)19-14-30-33(16-19)37(35,36)20-6-7-20/h5,8,10,12-17,20,34H,6-7H2,1-4H3,(H,28,29,31,32). The average molecular weight is 517 g/mol. The second-order valence-electron chi connectivity index (χ2n) is 10.0. The predicted octanol–water partition coefficient (Wildman–Crippen LogP) is 4.22. The molecule has 1 aromatic carbocycles. The van der Waals surface area contributed by atoms with Crippen LogP contribution in [0.3, 0.4) is 0 Å². The van der Waals surface area contributed by atoms with Crippen LogP contribution in [0.1, 0.15) is 57.6 Å². The maximum atomic E-state index is 12.5. The van der Waals surface area contributed by atoms with Crippen LogP contribution in [0.4, 0.5) is 11.6 Å². The van der Waals surface area contributed by atoms with Crippen molar-refractivity contribution in [2.24, 2.45) is 0 Å². The topological polar surface area (TPSA) is 123 Å². The fourth-order valence-electron chi connectivity index (χ4n) is 3.94. The fourth-order valence-corrected chi connectivity index (χ4v) is 5.42. The van der Waals surface area contributed by atoms with Gasteiger partial charge in [0, 0.05) is 23.3 Å². The second kappa shape index (κ2) is 9.25.